The molecule has 0 fully saturated rings. The van der Waals surface area contributed by atoms with E-state index in [4.69, 9.17) is 22.3 Å². The molecule has 196 valence electrons. The minimum Gasteiger partial charge on any atom is -0.379 e. The van der Waals surface area contributed by atoms with Crippen molar-refractivity contribution in [3.05, 3.63) is 16.1 Å². The number of rotatable bonds is 8. The van der Waals surface area contributed by atoms with E-state index < -0.39 is 28.0 Å². The van der Waals surface area contributed by atoms with Crippen LogP contribution in [0.25, 0.3) is 22.0 Å². The second-order valence-corrected chi connectivity index (χ2v) is 18.4. The molecule has 17 nitrogen and oxygen atoms in total. The van der Waals surface area contributed by atoms with Crippen molar-refractivity contribution < 1.29 is 12.3 Å². The normalized spacial score (nSPS) is 9.67. The first-order valence-electron chi connectivity index (χ1n) is 11.0. The molecule has 5 N–H and O–H groups in total. The van der Waals surface area contributed by atoms with Gasteiger partial charge in [-0.15, -0.1) is 15.0 Å². The second kappa shape index (κ2) is 18.8. The van der Waals surface area contributed by atoms with Gasteiger partial charge in [-0.2, -0.15) is 10.5 Å². The molecule has 3 heterocycles. The van der Waals surface area contributed by atoms with Gasteiger partial charge in [0.05, 0.1) is 0 Å². The van der Waals surface area contributed by atoms with Crippen molar-refractivity contribution in [3.8, 4) is 17.6 Å². The molecule has 0 unspecified atom stereocenters. The summed E-state index contributed by atoms with van der Waals surface area (Å²) in [7, 11) is -1.45. The number of azide groups is 1. The van der Waals surface area contributed by atoms with E-state index in [1.165, 1.54) is 25.7 Å². The molecule has 0 aliphatic carbocycles. The Morgan fingerprint density at radius 3 is 1.97 bits per heavy atom. The van der Waals surface area contributed by atoms with Crippen LogP contribution in [0.3, 0.4) is 0 Å². The third kappa shape index (κ3) is 15.5. The van der Waals surface area contributed by atoms with E-state index in [1.807, 2.05) is 19.6 Å². The number of nitrogens with two attached hydrogens (primary N) is 2. The maximum Gasteiger partial charge on any atom is 0.230 e. The molecule has 3 rings (SSSR count). The Balaban J connectivity index is 0.000000462. The maximum atomic E-state index is 11.2. The van der Waals surface area contributed by atoms with Crippen molar-refractivity contribution in [2.45, 2.75) is 68.0 Å². The largest absolute Gasteiger partial charge is 0.379 e. The number of unbranched alkanes of at least 4 members (excludes halogenated alkanes) is 2. The summed E-state index contributed by atoms with van der Waals surface area (Å²) in [5, 5.41) is 34.1. The van der Waals surface area contributed by atoms with Crippen LogP contribution in [-0.4, -0.2) is 69.2 Å². The van der Waals surface area contributed by atoms with Crippen LogP contribution in [0.15, 0.2) is 14.0 Å². The number of hydrogen-bond donors (Lipinski definition) is 3. The first kappa shape index (κ1) is 32.6. The van der Waals surface area contributed by atoms with Crippen LogP contribution in [0, 0.1) is 11.3 Å². The summed E-state index contributed by atoms with van der Waals surface area (Å²) < 4.78 is 25.4. The number of aromatic nitrogens is 8. The molecule has 36 heavy (non-hydrogen) atoms. The molecule has 0 spiro atoms. The molecule has 3 aromatic heterocycles. The number of nitrogens with zero attached hydrogens (tertiary/aromatic N) is 11. The number of nitriles is 1. The summed E-state index contributed by atoms with van der Waals surface area (Å²) in [6.07, 6.45) is 4.81. The van der Waals surface area contributed by atoms with Gasteiger partial charge in [0.15, 0.2) is 11.5 Å². The Bertz CT molecular complexity index is 1070. The molecular formula is C17H32N14O3SiSn. The smallest absolute Gasteiger partial charge is 0.230 e. The van der Waals surface area contributed by atoms with E-state index in [-0.39, 0.29) is 23.2 Å². The third-order valence-corrected chi connectivity index (χ3v) is 9.54. The average molecular weight is 627 g/mol. The van der Waals surface area contributed by atoms with Gasteiger partial charge in [-0.05, 0) is 36.3 Å². The molecule has 0 amide bonds. The number of anilines is 2. The number of nitrogens with one attached hydrogen (secondary N) is 1. The van der Waals surface area contributed by atoms with Gasteiger partial charge < -0.3 is 11.5 Å². The fourth-order valence-corrected chi connectivity index (χ4v) is 7.14. The molecule has 0 atom stereocenters. The molecule has 0 bridgehead atoms. The van der Waals surface area contributed by atoms with Crippen LogP contribution in [0.4, 0.5) is 11.6 Å². The molecule has 0 radical (unpaired) electrons. The summed E-state index contributed by atoms with van der Waals surface area (Å²) in [5.74, 6) is 0.447. The minimum atomic E-state index is -1.99. The van der Waals surface area contributed by atoms with E-state index >= 15 is 0 Å². The van der Waals surface area contributed by atoms with E-state index in [2.05, 4.69) is 74.0 Å². The predicted octanol–water partition coefficient (Wildman–Crippen LogP) is 3.50. The Labute approximate surface area is 216 Å². The number of hydrogen-bond acceptors (Lipinski definition) is 14. The number of tetrazole rings is 1. The average Bonchev–Trinajstić information content (AvgIpc) is 3.59. The van der Waals surface area contributed by atoms with Crippen LogP contribution in [-0.2, 0) is 3.08 Å². The molecular weight excluding hydrogens is 595 g/mol. The Hall–Kier alpha value is -3.43. The summed E-state index contributed by atoms with van der Waals surface area (Å²) >= 11 is -1.99. The van der Waals surface area contributed by atoms with Crippen LogP contribution >= 0.6 is 0 Å². The van der Waals surface area contributed by atoms with Crippen molar-refractivity contribution in [1.82, 2.24) is 41.3 Å². The number of aromatic amines is 1. The van der Waals surface area contributed by atoms with Crippen molar-refractivity contribution in [3.63, 3.8) is 0 Å². The van der Waals surface area contributed by atoms with Gasteiger partial charge in [-0.1, -0.05) is 19.6 Å². The number of H-pyrrole nitrogens is 1. The Morgan fingerprint density at radius 2 is 1.67 bits per heavy atom. The van der Waals surface area contributed by atoms with Crippen LogP contribution < -0.4 is 11.5 Å². The van der Waals surface area contributed by atoms with Gasteiger partial charge in [-0.3, -0.25) is 0 Å². The molecule has 0 aromatic carbocycles. The predicted molar refractivity (Wildman–Crippen MR) is 134 cm³/mol. The van der Waals surface area contributed by atoms with Crippen molar-refractivity contribution >= 4 is 39.6 Å². The molecule has 3 aromatic rings. The second-order valence-electron chi connectivity index (χ2n) is 7.95. The van der Waals surface area contributed by atoms with Gasteiger partial charge in [0.25, 0.3) is 0 Å². The first-order valence-corrected chi connectivity index (χ1v) is 19.6. The van der Waals surface area contributed by atoms with Crippen LogP contribution in [0.5, 0.6) is 0 Å². The Kier molecular flexibility index (Phi) is 17.0. The first-order chi connectivity index (χ1) is 17.1. The standard InChI is InChI=1S/2C4H9.C3H3N7O.C3H2N4O.C3H9N3Si.O.Sn/c2*1-3-4-2;4-2-1(7-11-8-2)3-5-9-10-6-3;4-1-2-3(5)7-8-6-2;1-7(2,3)6-5-4;;/h2*1,3-4H2,2H3;(H2,4,8)(H,5,6,9,10);(H2,5,7);1-3H3;;. The van der Waals surface area contributed by atoms with Gasteiger partial charge >= 0.3 is 71.2 Å². The zero-order valence-corrected chi connectivity index (χ0v) is 24.9. The summed E-state index contributed by atoms with van der Waals surface area (Å²) in [4.78, 5) is 2.69. The fraction of sp³-hybridized carbons (Fsp3) is 0.647. The SMILES string of the molecule is CCC[CH2][Sn](=[O])[CH2]CCC.C[Si](C)(C)N=[N+]=[N-].N#Cc1nonc1N.Nc1nonc1-c1nn[nH]n1. The molecule has 0 saturated carbocycles. The molecule has 19 heteroatoms. The van der Waals surface area contributed by atoms with Crippen molar-refractivity contribution in [1.29, 1.82) is 5.26 Å². The number of nitrogen functional groups attached to an aromatic ring is 2. The molecule has 0 aliphatic rings. The summed E-state index contributed by atoms with van der Waals surface area (Å²) in [6.45, 7) is 10.3. The Morgan fingerprint density at radius 1 is 1.08 bits per heavy atom. The van der Waals surface area contributed by atoms with E-state index in [1.54, 1.807) is 6.07 Å². The van der Waals surface area contributed by atoms with Crippen LogP contribution in [0.2, 0.25) is 28.5 Å². The fourth-order valence-electron chi connectivity index (χ4n) is 1.89. The van der Waals surface area contributed by atoms with E-state index in [0.717, 1.165) is 8.87 Å². The maximum absolute atomic E-state index is 11.2. The summed E-state index contributed by atoms with van der Waals surface area (Å²) in [6, 6.07) is 1.68. The van der Waals surface area contributed by atoms with Crippen molar-refractivity contribution in [2.75, 3.05) is 11.5 Å². The third-order valence-electron chi connectivity index (χ3n) is 3.65. The zero-order valence-electron chi connectivity index (χ0n) is 21.0. The summed E-state index contributed by atoms with van der Waals surface area (Å²) in [5.41, 5.74) is 18.6. The van der Waals surface area contributed by atoms with Gasteiger partial charge in [0, 0.05) is 0 Å². The quantitative estimate of drug-likeness (QED) is 0.140. The monoisotopic (exact) mass is 628 g/mol. The van der Waals surface area contributed by atoms with E-state index in [0.29, 0.717) is 5.69 Å². The van der Waals surface area contributed by atoms with E-state index in [9.17, 15) is 3.08 Å². The van der Waals surface area contributed by atoms with Crippen LogP contribution in [0.1, 0.15) is 45.2 Å². The van der Waals surface area contributed by atoms with Gasteiger partial charge in [0.1, 0.15) is 14.3 Å². The topological polar surface area (TPSA) is 274 Å². The van der Waals surface area contributed by atoms with Crippen molar-refractivity contribution in [2.24, 2.45) is 4.78 Å². The molecule has 0 aliphatic heterocycles. The zero-order chi connectivity index (χ0) is 27.4. The van der Waals surface area contributed by atoms with Gasteiger partial charge in [-0.25, -0.2) is 9.26 Å². The van der Waals surface area contributed by atoms with Gasteiger partial charge in [0.2, 0.25) is 17.3 Å². The minimum absolute atomic E-state index is 0.0324. The molecule has 0 saturated heterocycles.